The van der Waals surface area contributed by atoms with Gasteiger partial charge in [0.1, 0.15) is 0 Å². The predicted molar refractivity (Wildman–Crippen MR) is 76.2 cm³/mol. The fourth-order valence-corrected chi connectivity index (χ4v) is 1.86. The molecule has 0 atom stereocenters. The zero-order chi connectivity index (χ0) is 13.1. The first kappa shape index (κ1) is 15.8. The number of nitrogens with one attached hydrogen (secondary N) is 4. The van der Waals surface area contributed by atoms with Crippen LogP contribution in [-0.4, -0.2) is 75.7 Å². The Morgan fingerprint density at radius 3 is 1.11 bits per heavy atom. The van der Waals surface area contributed by atoms with Gasteiger partial charge in [0, 0.05) is 52.9 Å². The summed E-state index contributed by atoms with van der Waals surface area (Å²) >= 11 is 0. The second-order valence-corrected chi connectivity index (χ2v) is 4.61. The van der Waals surface area contributed by atoms with Crippen molar-refractivity contribution in [3.63, 3.8) is 0 Å². The van der Waals surface area contributed by atoms with Crippen LogP contribution in [0.4, 0.5) is 0 Å². The van der Waals surface area contributed by atoms with Crippen molar-refractivity contribution in [2.75, 3.05) is 65.9 Å². The van der Waals surface area contributed by atoms with E-state index in [1.807, 2.05) is 0 Å². The van der Waals surface area contributed by atoms with E-state index >= 15 is 0 Å². The molecule has 0 aromatic heterocycles. The Bertz CT molecular complexity index is 153. The van der Waals surface area contributed by atoms with Gasteiger partial charge in [0.2, 0.25) is 0 Å². The first-order valence-electron chi connectivity index (χ1n) is 7.14. The maximum Gasteiger partial charge on any atom is 0.0492 e. The molecule has 1 heterocycles. The smallest absolute Gasteiger partial charge is 0.0492 e. The average molecular weight is 258 g/mol. The number of hydrogen-bond acceptors (Lipinski definition) is 6. The molecule has 0 unspecified atom stereocenters. The van der Waals surface area contributed by atoms with Crippen molar-refractivity contribution in [3.8, 4) is 0 Å². The third-order valence-electron chi connectivity index (χ3n) is 3.19. The second kappa shape index (κ2) is 10.7. The standard InChI is InChI=1S/C12H30N6/c1-3-17-9-13-5-7-15-11-18(4-2)12-16-8-6-14-10-17/h13-16H,3-12H2,1-2H3. The third-order valence-corrected chi connectivity index (χ3v) is 3.19. The van der Waals surface area contributed by atoms with E-state index in [0.29, 0.717) is 0 Å². The van der Waals surface area contributed by atoms with Gasteiger partial charge in [-0.05, 0) is 13.1 Å². The topological polar surface area (TPSA) is 54.6 Å². The molecule has 6 heteroatoms. The lowest BCUT2D eigenvalue weighted by Gasteiger charge is -2.24. The highest BCUT2D eigenvalue weighted by Gasteiger charge is 2.03. The van der Waals surface area contributed by atoms with Crippen LogP contribution in [0.2, 0.25) is 0 Å². The van der Waals surface area contributed by atoms with Crippen molar-refractivity contribution in [3.05, 3.63) is 0 Å². The van der Waals surface area contributed by atoms with Gasteiger partial charge in [0.05, 0.1) is 0 Å². The van der Waals surface area contributed by atoms with Crippen molar-refractivity contribution >= 4 is 0 Å². The number of hydrogen-bond donors (Lipinski definition) is 4. The Morgan fingerprint density at radius 2 is 0.889 bits per heavy atom. The van der Waals surface area contributed by atoms with Crippen LogP contribution in [0.25, 0.3) is 0 Å². The molecule has 6 nitrogen and oxygen atoms in total. The van der Waals surface area contributed by atoms with Crippen molar-refractivity contribution in [1.82, 2.24) is 31.1 Å². The zero-order valence-electron chi connectivity index (χ0n) is 12.0. The summed E-state index contributed by atoms with van der Waals surface area (Å²) in [7, 11) is 0. The third kappa shape index (κ3) is 7.25. The Hall–Kier alpha value is -0.240. The fourth-order valence-electron chi connectivity index (χ4n) is 1.86. The van der Waals surface area contributed by atoms with E-state index in [1.165, 1.54) is 0 Å². The SMILES string of the molecule is CCN1CNCCNCN(CC)CNCCNC1. The Balaban J connectivity index is 2.26. The van der Waals surface area contributed by atoms with Crippen LogP contribution in [0, 0.1) is 0 Å². The second-order valence-electron chi connectivity index (χ2n) is 4.61. The van der Waals surface area contributed by atoms with E-state index in [2.05, 4.69) is 44.9 Å². The maximum atomic E-state index is 3.46. The van der Waals surface area contributed by atoms with Gasteiger partial charge in [-0.2, -0.15) is 0 Å². The van der Waals surface area contributed by atoms with E-state index in [-0.39, 0.29) is 0 Å². The quantitative estimate of drug-likeness (QED) is 0.501. The summed E-state index contributed by atoms with van der Waals surface area (Å²) in [5.74, 6) is 0. The summed E-state index contributed by atoms with van der Waals surface area (Å²) in [6, 6.07) is 0. The maximum absolute atomic E-state index is 3.46. The van der Waals surface area contributed by atoms with E-state index in [9.17, 15) is 0 Å². The summed E-state index contributed by atoms with van der Waals surface area (Å²) in [5.41, 5.74) is 0. The molecule has 1 aliphatic heterocycles. The van der Waals surface area contributed by atoms with Crippen LogP contribution in [0.3, 0.4) is 0 Å². The normalized spacial score (nSPS) is 23.7. The number of nitrogens with zero attached hydrogens (tertiary/aromatic N) is 2. The Labute approximate surface area is 111 Å². The lowest BCUT2D eigenvalue weighted by atomic mass is 10.5. The molecule has 0 radical (unpaired) electrons. The highest BCUT2D eigenvalue weighted by molar-refractivity contribution is 4.60. The highest BCUT2D eigenvalue weighted by Crippen LogP contribution is 1.84. The van der Waals surface area contributed by atoms with Gasteiger partial charge in [-0.3, -0.25) is 9.80 Å². The zero-order valence-corrected chi connectivity index (χ0v) is 12.0. The largest absolute Gasteiger partial charge is 0.303 e. The average Bonchev–Trinajstić information content (AvgIpc) is 2.41. The molecule has 1 rings (SSSR count). The van der Waals surface area contributed by atoms with Crippen LogP contribution in [0.15, 0.2) is 0 Å². The minimum Gasteiger partial charge on any atom is -0.303 e. The Morgan fingerprint density at radius 1 is 0.611 bits per heavy atom. The van der Waals surface area contributed by atoms with Gasteiger partial charge >= 0.3 is 0 Å². The summed E-state index contributed by atoms with van der Waals surface area (Å²) in [4.78, 5) is 4.73. The Kier molecular flexibility index (Phi) is 9.37. The van der Waals surface area contributed by atoms with Crippen LogP contribution in [0.1, 0.15) is 13.8 Å². The van der Waals surface area contributed by atoms with E-state index in [1.54, 1.807) is 0 Å². The molecule has 0 aliphatic carbocycles. The first-order valence-corrected chi connectivity index (χ1v) is 7.14. The summed E-state index contributed by atoms with van der Waals surface area (Å²) in [6.45, 7) is 14.4. The summed E-state index contributed by atoms with van der Waals surface area (Å²) < 4.78 is 0. The molecule has 18 heavy (non-hydrogen) atoms. The van der Waals surface area contributed by atoms with Gasteiger partial charge in [-0.1, -0.05) is 13.8 Å². The van der Waals surface area contributed by atoms with E-state index < -0.39 is 0 Å². The molecule has 0 amide bonds. The molecule has 1 fully saturated rings. The van der Waals surface area contributed by atoms with Gasteiger partial charge in [0.15, 0.2) is 0 Å². The molecule has 1 aliphatic rings. The molecule has 0 aromatic carbocycles. The molecule has 108 valence electrons. The number of rotatable bonds is 2. The van der Waals surface area contributed by atoms with Gasteiger partial charge < -0.3 is 21.3 Å². The molecular weight excluding hydrogens is 228 g/mol. The van der Waals surface area contributed by atoms with Crippen molar-refractivity contribution in [2.24, 2.45) is 0 Å². The molecule has 4 N–H and O–H groups in total. The van der Waals surface area contributed by atoms with Crippen molar-refractivity contribution < 1.29 is 0 Å². The van der Waals surface area contributed by atoms with Crippen LogP contribution in [-0.2, 0) is 0 Å². The minimum absolute atomic E-state index is 0.954. The monoisotopic (exact) mass is 258 g/mol. The van der Waals surface area contributed by atoms with Crippen LogP contribution in [0.5, 0.6) is 0 Å². The molecule has 0 spiro atoms. The van der Waals surface area contributed by atoms with Gasteiger partial charge in [-0.15, -0.1) is 0 Å². The van der Waals surface area contributed by atoms with E-state index in [4.69, 9.17) is 0 Å². The van der Waals surface area contributed by atoms with Crippen LogP contribution >= 0.6 is 0 Å². The van der Waals surface area contributed by atoms with Crippen molar-refractivity contribution in [2.45, 2.75) is 13.8 Å². The molecule has 1 saturated heterocycles. The van der Waals surface area contributed by atoms with Crippen molar-refractivity contribution in [1.29, 1.82) is 0 Å². The first-order chi connectivity index (χ1) is 8.86. The molecule has 0 aromatic rings. The molecular formula is C12H30N6. The summed E-state index contributed by atoms with van der Waals surface area (Å²) in [5, 5.41) is 13.8. The highest BCUT2D eigenvalue weighted by atomic mass is 15.3. The van der Waals surface area contributed by atoms with E-state index in [0.717, 1.165) is 65.9 Å². The van der Waals surface area contributed by atoms with Gasteiger partial charge in [-0.25, -0.2) is 0 Å². The summed E-state index contributed by atoms with van der Waals surface area (Å²) in [6.07, 6.45) is 0. The lowest BCUT2D eigenvalue weighted by Crippen LogP contribution is -2.47. The van der Waals surface area contributed by atoms with Gasteiger partial charge in [0.25, 0.3) is 0 Å². The van der Waals surface area contributed by atoms with Crippen LogP contribution < -0.4 is 21.3 Å². The predicted octanol–water partition coefficient (Wildman–Crippen LogP) is -1.17. The fraction of sp³-hybridized carbons (Fsp3) is 1.00. The minimum atomic E-state index is 0.954. The molecule has 0 bridgehead atoms. The molecule has 0 saturated carbocycles. The lowest BCUT2D eigenvalue weighted by molar-refractivity contribution is 0.224.